The van der Waals surface area contributed by atoms with Crippen LogP contribution in [0.4, 0.5) is 0 Å². The van der Waals surface area contributed by atoms with Crippen molar-refractivity contribution in [3.63, 3.8) is 0 Å². The van der Waals surface area contributed by atoms with E-state index in [9.17, 15) is 4.79 Å². The third-order valence-corrected chi connectivity index (χ3v) is 5.07. The molecule has 1 amide bonds. The van der Waals surface area contributed by atoms with Crippen LogP contribution in [0.25, 0.3) is 11.4 Å². The van der Waals surface area contributed by atoms with Gasteiger partial charge in [0, 0.05) is 30.6 Å². The Morgan fingerprint density at radius 1 is 1.03 bits per heavy atom. The van der Waals surface area contributed by atoms with E-state index in [1.54, 1.807) is 20.3 Å². The molecule has 0 saturated carbocycles. The first-order valence-electron chi connectivity index (χ1n) is 10.5. The van der Waals surface area contributed by atoms with Crippen molar-refractivity contribution in [1.29, 1.82) is 0 Å². The van der Waals surface area contributed by atoms with Gasteiger partial charge in [0.15, 0.2) is 11.5 Å². The highest BCUT2D eigenvalue weighted by Gasteiger charge is 2.18. The fourth-order valence-corrected chi connectivity index (χ4v) is 3.22. The standard InChI is InChI=1S/C24H29N3O4/c1-5-6-14-27(24(28)18-9-7-17(2)8-10-18)15-13-22-25-23(26-31-22)19-11-12-20(29-3)21(16-19)30-4/h7-12,16H,5-6,13-15H2,1-4H3. The number of ether oxygens (including phenoxy) is 2. The molecule has 0 spiro atoms. The number of hydrogen-bond acceptors (Lipinski definition) is 6. The van der Waals surface area contributed by atoms with Gasteiger partial charge < -0.3 is 18.9 Å². The number of aryl methyl sites for hydroxylation is 1. The summed E-state index contributed by atoms with van der Waals surface area (Å²) in [6, 6.07) is 13.1. The van der Waals surface area contributed by atoms with Crippen molar-refractivity contribution in [1.82, 2.24) is 15.0 Å². The van der Waals surface area contributed by atoms with Gasteiger partial charge in [0.25, 0.3) is 5.91 Å². The Kier molecular flexibility index (Phi) is 7.65. The van der Waals surface area contributed by atoms with Gasteiger partial charge in [-0.05, 0) is 43.7 Å². The van der Waals surface area contributed by atoms with E-state index in [0.717, 1.165) is 24.0 Å². The molecule has 0 aliphatic rings. The Labute approximate surface area is 183 Å². The predicted molar refractivity (Wildman–Crippen MR) is 119 cm³/mol. The molecule has 7 heteroatoms. The predicted octanol–water partition coefficient (Wildman–Crippen LogP) is 4.55. The number of hydrogen-bond donors (Lipinski definition) is 0. The molecular formula is C24H29N3O4. The second kappa shape index (κ2) is 10.6. The SMILES string of the molecule is CCCCN(CCc1nc(-c2ccc(OC)c(OC)c2)no1)C(=O)c1ccc(C)cc1. The molecule has 164 valence electrons. The largest absolute Gasteiger partial charge is 0.493 e. The normalized spacial score (nSPS) is 10.7. The number of methoxy groups -OCH3 is 2. The fraction of sp³-hybridized carbons (Fsp3) is 0.375. The minimum absolute atomic E-state index is 0.0214. The molecule has 1 heterocycles. The van der Waals surface area contributed by atoms with E-state index in [0.29, 0.717) is 48.3 Å². The Morgan fingerprint density at radius 3 is 2.45 bits per heavy atom. The molecule has 0 aliphatic heterocycles. The van der Waals surface area contributed by atoms with Crippen LogP contribution in [0.3, 0.4) is 0 Å². The van der Waals surface area contributed by atoms with Crippen molar-refractivity contribution in [3.05, 3.63) is 59.5 Å². The molecule has 31 heavy (non-hydrogen) atoms. The summed E-state index contributed by atoms with van der Waals surface area (Å²) in [5, 5.41) is 4.08. The van der Waals surface area contributed by atoms with Crippen molar-refractivity contribution in [2.45, 2.75) is 33.1 Å². The van der Waals surface area contributed by atoms with Crippen molar-refractivity contribution >= 4 is 5.91 Å². The monoisotopic (exact) mass is 423 g/mol. The Hall–Kier alpha value is -3.35. The molecule has 0 radical (unpaired) electrons. The highest BCUT2D eigenvalue weighted by atomic mass is 16.5. The number of benzene rings is 2. The van der Waals surface area contributed by atoms with Gasteiger partial charge in [-0.3, -0.25) is 4.79 Å². The van der Waals surface area contributed by atoms with Gasteiger partial charge in [-0.1, -0.05) is 36.2 Å². The summed E-state index contributed by atoms with van der Waals surface area (Å²) in [4.78, 5) is 19.3. The maximum absolute atomic E-state index is 13.0. The first-order chi connectivity index (χ1) is 15.0. The average molecular weight is 424 g/mol. The van der Waals surface area contributed by atoms with Crippen LogP contribution in [0.2, 0.25) is 0 Å². The summed E-state index contributed by atoms with van der Waals surface area (Å²) in [6.45, 7) is 5.33. The third kappa shape index (κ3) is 5.63. The van der Waals surface area contributed by atoms with Crippen molar-refractivity contribution in [3.8, 4) is 22.9 Å². The lowest BCUT2D eigenvalue weighted by atomic mass is 10.1. The number of unbranched alkanes of at least 4 members (excludes halogenated alkanes) is 1. The highest BCUT2D eigenvalue weighted by Crippen LogP contribution is 2.31. The van der Waals surface area contributed by atoms with Gasteiger partial charge in [-0.2, -0.15) is 4.98 Å². The van der Waals surface area contributed by atoms with Gasteiger partial charge in [-0.25, -0.2) is 0 Å². The molecule has 3 aromatic rings. The molecule has 2 aromatic carbocycles. The molecule has 3 rings (SSSR count). The van der Waals surface area contributed by atoms with E-state index in [1.807, 2.05) is 48.2 Å². The molecule has 0 unspecified atom stereocenters. The second-order valence-electron chi connectivity index (χ2n) is 7.34. The Balaban J connectivity index is 1.70. The van der Waals surface area contributed by atoms with E-state index in [4.69, 9.17) is 14.0 Å². The summed E-state index contributed by atoms with van der Waals surface area (Å²) in [6.07, 6.45) is 2.45. The number of nitrogens with zero attached hydrogens (tertiary/aromatic N) is 3. The number of rotatable bonds is 10. The average Bonchev–Trinajstić information content (AvgIpc) is 3.27. The number of amides is 1. The van der Waals surface area contributed by atoms with E-state index < -0.39 is 0 Å². The summed E-state index contributed by atoms with van der Waals surface area (Å²) in [5.41, 5.74) is 2.59. The Morgan fingerprint density at radius 2 is 1.77 bits per heavy atom. The van der Waals surface area contributed by atoms with Gasteiger partial charge >= 0.3 is 0 Å². The molecule has 0 N–H and O–H groups in total. The van der Waals surface area contributed by atoms with Gasteiger partial charge in [0.1, 0.15) is 0 Å². The molecule has 1 aromatic heterocycles. The lowest BCUT2D eigenvalue weighted by molar-refractivity contribution is 0.0752. The van der Waals surface area contributed by atoms with Gasteiger partial charge in [0.2, 0.25) is 11.7 Å². The zero-order chi connectivity index (χ0) is 22.2. The minimum Gasteiger partial charge on any atom is -0.493 e. The summed E-state index contributed by atoms with van der Waals surface area (Å²) >= 11 is 0. The van der Waals surface area contributed by atoms with Crippen LogP contribution in [0, 0.1) is 6.92 Å². The van der Waals surface area contributed by atoms with Crippen molar-refractivity contribution in [2.75, 3.05) is 27.3 Å². The lowest BCUT2D eigenvalue weighted by Gasteiger charge is -2.22. The zero-order valence-corrected chi connectivity index (χ0v) is 18.6. The maximum Gasteiger partial charge on any atom is 0.253 e. The van der Waals surface area contributed by atoms with Crippen LogP contribution >= 0.6 is 0 Å². The molecule has 7 nitrogen and oxygen atoms in total. The Bertz CT molecular complexity index is 998. The second-order valence-corrected chi connectivity index (χ2v) is 7.34. The number of carbonyl (C=O) groups is 1. The zero-order valence-electron chi connectivity index (χ0n) is 18.6. The summed E-state index contributed by atoms with van der Waals surface area (Å²) in [7, 11) is 3.17. The maximum atomic E-state index is 13.0. The highest BCUT2D eigenvalue weighted by molar-refractivity contribution is 5.94. The third-order valence-electron chi connectivity index (χ3n) is 5.07. The molecule has 0 saturated heterocycles. The quantitative estimate of drug-likeness (QED) is 0.476. The van der Waals surface area contributed by atoms with Crippen LogP contribution in [-0.2, 0) is 6.42 Å². The fourth-order valence-electron chi connectivity index (χ4n) is 3.22. The topological polar surface area (TPSA) is 77.7 Å². The number of aromatic nitrogens is 2. The molecule has 0 bridgehead atoms. The van der Waals surface area contributed by atoms with Crippen molar-refractivity contribution < 1.29 is 18.8 Å². The van der Waals surface area contributed by atoms with E-state index in [-0.39, 0.29) is 5.91 Å². The first-order valence-corrected chi connectivity index (χ1v) is 10.5. The van der Waals surface area contributed by atoms with Crippen LogP contribution in [0.5, 0.6) is 11.5 Å². The van der Waals surface area contributed by atoms with Crippen molar-refractivity contribution in [2.24, 2.45) is 0 Å². The minimum atomic E-state index is 0.0214. The molecule has 0 atom stereocenters. The summed E-state index contributed by atoms with van der Waals surface area (Å²) < 4.78 is 16.0. The van der Waals surface area contributed by atoms with Crippen LogP contribution in [0.15, 0.2) is 47.0 Å². The van der Waals surface area contributed by atoms with Crippen LogP contribution in [-0.4, -0.2) is 48.3 Å². The smallest absolute Gasteiger partial charge is 0.253 e. The van der Waals surface area contributed by atoms with E-state index in [1.165, 1.54) is 0 Å². The molecular weight excluding hydrogens is 394 g/mol. The van der Waals surface area contributed by atoms with E-state index in [2.05, 4.69) is 17.1 Å². The summed E-state index contributed by atoms with van der Waals surface area (Å²) in [5.74, 6) is 2.22. The first kappa shape index (κ1) is 22.3. The molecule has 0 fully saturated rings. The lowest BCUT2D eigenvalue weighted by Crippen LogP contribution is -2.34. The van der Waals surface area contributed by atoms with Crippen LogP contribution in [0.1, 0.15) is 41.6 Å². The van der Waals surface area contributed by atoms with Crippen LogP contribution < -0.4 is 9.47 Å². The van der Waals surface area contributed by atoms with E-state index >= 15 is 0 Å². The van der Waals surface area contributed by atoms with Gasteiger partial charge in [-0.15, -0.1) is 0 Å². The molecule has 0 aliphatic carbocycles. The number of carbonyl (C=O) groups excluding carboxylic acids is 1. The van der Waals surface area contributed by atoms with Gasteiger partial charge in [0.05, 0.1) is 14.2 Å².